The number of carboxylic acid groups (broad SMARTS) is 1. The van der Waals surface area contributed by atoms with Crippen molar-refractivity contribution in [3.05, 3.63) is 59.7 Å². The van der Waals surface area contributed by atoms with Gasteiger partial charge in [0.05, 0.1) is 11.5 Å². The number of hydrogen-bond donors (Lipinski definition) is 2. The molecule has 1 saturated carbocycles. The highest BCUT2D eigenvalue weighted by molar-refractivity contribution is 5.97. The van der Waals surface area contributed by atoms with Gasteiger partial charge in [-0.3, -0.25) is 9.59 Å². The minimum atomic E-state index is -0.792. The zero-order chi connectivity index (χ0) is 17.8. The van der Waals surface area contributed by atoms with E-state index < -0.39 is 5.97 Å². The number of nitrogens with one attached hydrogen (secondary N) is 1. The van der Waals surface area contributed by atoms with Crippen molar-refractivity contribution in [2.45, 2.75) is 32.2 Å². The molecule has 2 N–H and O–H groups in total. The predicted molar refractivity (Wildman–Crippen MR) is 93.9 cm³/mol. The van der Waals surface area contributed by atoms with Crippen LogP contribution in [0.2, 0.25) is 0 Å². The monoisotopic (exact) mass is 339 g/mol. The maximum atomic E-state index is 12.6. The number of amides is 1. The van der Waals surface area contributed by atoms with Gasteiger partial charge in [-0.2, -0.15) is 0 Å². The summed E-state index contributed by atoms with van der Waals surface area (Å²) in [6.45, 7) is 1.98. The summed E-state index contributed by atoms with van der Waals surface area (Å²) in [6, 6.07) is 14.6. The molecule has 1 amide bonds. The lowest BCUT2D eigenvalue weighted by atomic mass is 10.1. The maximum absolute atomic E-state index is 12.6. The number of aliphatic carboxylic acids is 1. The van der Waals surface area contributed by atoms with Crippen molar-refractivity contribution in [1.29, 1.82) is 0 Å². The Morgan fingerprint density at radius 3 is 2.64 bits per heavy atom. The highest BCUT2D eigenvalue weighted by Gasteiger charge is 2.31. The molecule has 0 bridgehead atoms. The van der Waals surface area contributed by atoms with E-state index in [0.29, 0.717) is 36.3 Å². The van der Waals surface area contributed by atoms with Gasteiger partial charge in [-0.1, -0.05) is 24.3 Å². The molecular weight excluding hydrogens is 318 g/mol. The minimum absolute atomic E-state index is 0.111. The van der Waals surface area contributed by atoms with E-state index in [2.05, 4.69) is 5.32 Å². The summed E-state index contributed by atoms with van der Waals surface area (Å²) in [5, 5.41) is 12.0. The maximum Gasteiger partial charge on any atom is 0.306 e. The molecule has 2 aromatic carbocycles. The molecule has 3 rings (SSSR count). The lowest BCUT2D eigenvalue weighted by Crippen LogP contribution is -2.33. The fraction of sp³-hybridized carbons (Fsp3) is 0.300. The number of carbonyl (C=O) groups excluding carboxylic acids is 1. The number of rotatable bonds is 5. The molecule has 0 saturated heterocycles. The number of ether oxygens (including phenoxy) is 1. The van der Waals surface area contributed by atoms with Crippen molar-refractivity contribution in [3.8, 4) is 11.5 Å². The second-order valence-corrected chi connectivity index (χ2v) is 6.43. The van der Waals surface area contributed by atoms with E-state index in [1.54, 1.807) is 18.2 Å². The van der Waals surface area contributed by atoms with Crippen LogP contribution in [0.5, 0.6) is 11.5 Å². The van der Waals surface area contributed by atoms with E-state index >= 15 is 0 Å². The highest BCUT2D eigenvalue weighted by atomic mass is 16.5. The van der Waals surface area contributed by atoms with Gasteiger partial charge in [-0.05, 0) is 56.0 Å². The van der Waals surface area contributed by atoms with Gasteiger partial charge >= 0.3 is 5.97 Å². The van der Waals surface area contributed by atoms with Crippen molar-refractivity contribution in [1.82, 2.24) is 5.32 Å². The van der Waals surface area contributed by atoms with Gasteiger partial charge in [0.15, 0.2) is 0 Å². The van der Waals surface area contributed by atoms with Crippen LogP contribution >= 0.6 is 0 Å². The average Bonchev–Trinajstić information content (AvgIpc) is 3.04. The van der Waals surface area contributed by atoms with Gasteiger partial charge < -0.3 is 15.2 Å². The molecule has 25 heavy (non-hydrogen) atoms. The van der Waals surface area contributed by atoms with Crippen LogP contribution in [0.15, 0.2) is 48.5 Å². The molecular formula is C20H21NO4. The Morgan fingerprint density at radius 1 is 1.12 bits per heavy atom. The zero-order valence-electron chi connectivity index (χ0n) is 14.1. The third-order valence-corrected chi connectivity index (χ3v) is 4.47. The Bertz CT molecular complexity index is 787. The molecule has 2 atom stereocenters. The summed E-state index contributed by atoms with van der Waals surface area (Å²) in [6.07, 6.45) is 1.76. The van der Waals surface area contributed by atoms with E-state index in [1.807, 2.05) is 37.3 Å². The van der Waals surface area contributed by atoms with Crippen molar-refractivity contribution in [3.63, 3.8) is 0 Å². The first-order valence-corrected chi connectivity index (χ1v) is 8.40. The Balaban J connectivity index is 1.72. The van der Waals surface area contributed by atoms with Crippen LogP contribution in [0.3, 0.4) is 0 Å². The van der Waals surface area contributed by atoms with Crippen LogP contribution in [0.1, 0.15) is 35.2 Å². The summed E-state index contributed by atoms with van der Waals surface area (Å²) >= 11 is 0. The summed E-state index contributed by atoms with van der Waals surface area (Å²) in [5.41, 5.74) is 1.52. The van der Waals surface area contributed by atoms with E-state index in [-0.39, 0.29) is 17.9 Å². The molecule has 0 aliphatic heterocycles. The minimum Gasteiger partial charge on any atom is -0.481 e. The van der Waals surface area contributed by atoms with Crippen LogP contribution in [0.25, 0.3) is 0 Å². The second-order valence-electron chi connectivity index (χ2n) is 6.43. The van der Waals surface area contributed by atoms with Gasteiger partial charge in [0.25, 0.3) is 5.91 Å². The lowest BCUT2D eigenvalue weighted by Gasteiger charge is -2.15. The van der Waals surface area contributed by atoms with Crippen LogP contribution in [-0.2, 0) is 4.79 Å². The Hall–Kier alpha value is -2.82. The van der Waals surface area contributed by atoms with Gasteiger partial charge in [-0.15, -0.1) is 0 Å². The van der Waals surface area contributed by atoms with E-state index in [0.717, 1.165) is 5.56 Å². The van der Waals surface area contributed by atoms with Crippen molar-refractivity contribution < 1.29 is 19.4 Å². The standard InChI is InChI=1S/C20H21NO4/c1-13-5-4-6-16(11-13)25-18-8-3-2-7-17(18)19(22)21-15-10-9-14(12-15)20(23)24/h2-8,11,14-15H,9-10,12H2,1H3,(H,21,22)(H,23,24)/t14-,15+/m1/s1. The van der Waals surface area contributed by atoms with Crippen LogP contribution in [0, 0.1) is 12.8 Å². The number of hydrogen-bond acceptors (Lipinski definition) is 3. The summed E-state index contributed by atoms with van der Waals surface area (Å²) in [4.78, 5) is 23.7. The Labute approximate surface area is 146 Å². The first kappa shape index (κ1) is 17.0. The molecule has 0 heterocycles. The van der Waals surface area contributed by atoms with Gasteiger partial charge in [-0.25, -0.2) is 0 Å². The van der Waals surface area contributed by atoms with Crippen LogP contribution < -0.4 is 10.1 Å². The molecule has 130 valence electrons. The molecule has 5 nitrogen and oxygen atoms in total. The SMILES string of the molecule is Cc1cccc(Oc2ccccc2C(=O)N[C@H]2CC[C@@H](C(=O)O)C2)c1. The van der Waals surface area contributed by atoms with Crippen molar-refractivity contribution in [2.75, 3.05) is 0 Å². The summed E-state index contributed by atoms with van der Waals surface area (Å²) < 4.78 is 5.88. The first-order chi connectivity index (χ1) is 12.0. The molecule has 0 radical (unpaired) electrons. The first-order valence-electron chi connectivity index (χ1n) is 8.40. The smallest absolute Gasteiger partial charge is 0.306 e. The quantitative estimate of drug-likeness (QED) is 0.869. The number of carboxylic acids is 1. The third-order valence-electron chi connectivity index (χ3n) is 4.47. The van der Waals surface area contributed by atoms with Gasteiger partial charge in [0.1, 0.15) is 11.5 Å². The van der Waals surface area contributed by atoms with Crippen LogP contribution in [-0.4, -0.2) is 23.0 Å². The van der Waals surface area contributed by atoms with E-state index in [9.17, 15) is 9.59 Å². The van der Waals surface area contributed by atoms with E-state index in [1.165, 1.54) is 0 Å². The Kier molecular flexibility index (Phi) is 5.03. The zero-order valence-corrected chi connectivity index (χ0v) is 14.1. The fourth-order valence-electron chi connectivity index (χ4n) is 3.15. The molecule has 1 aliphatic rings. The second kappa shape index (κ2) is 7.38. The van der Waals surface area contributed by atoms with E-state index in [4.69, 9.17) is 9.84 Å². The largest absolute Gasteiger partial charge is 0.481 e. The molecule has 1 aliphatic carbocycles. The molecule has 1 fully saturated rings. The molecule has 0 spiro atoms. The molecule has 5 heteroatoms. The molecule has 0 aromatic heterocycles. The summed E-state index contributed by atoms with van der Waals surface area (Å²) in [7, 11) is 0. The van der Waals surface area contributed by atoms with Crippen molar-refractivity contribution >= 4 is 11.9 Å². The normalized spacial score (nSPS) is 19.4. The number of carbonyl (C=O) groups is 2. The number of aryl methyl sites for hydroxylation is 1. The fourth-order valence-corrected chi connectivity index (χ4v) is 3.15. The number of benzene rings is 2. The molecule has 2 aromatic rings. The average molecular weight is 339 g/mol. The Morgan fingerprint density at radius 2 is 1.92 bits per heavy atom. The van der Waals surface area contributed by atoms with Gasteiger partial charge in [0.2, 0.25) is 0 Å². The lowest BCUT2D eigenvalue weighted by molar-refractivity contribution is -0.141. The topological polar surface area (TPSA) is 75.6 Å². The van der Waals surface area contributed by atoms with Crippen LogP contribution in [0.4, 0.5) is 0 Å². The number of para-hydroxylation sites is 1. The third kappa shape index (κ3) is 4.18. The predicted octanol–water partition coefficient (Wildman–Crippen LogP) is 3.77. The highest BCUT2D eigenvalue weighted by Crippen LogP contribution is 2.28. The van der Waals surface area contributed by atoms with Gasteiger partial charge in [0, 0.05) is 6.04 Å². The van der Waals surface area contributed by atoms with Crippen molar-refractivity contribution in [2.24, 2.45) is 5.92 Å². The summed E-state index contributed by atoms with van der Waals surface area (Å²) in [5.74, 6) is -0.242. The molecule has 0 unspecified atom stereocenters.